The summed E-state index contributed by atoms with van der Waals surface area (Å²) in [6.45, 7) is 3.90. The van der Waals surface area contributed by atoms with E-state index in [2.05, 4.69) is 20.2 Å². The second-order valence-corrected chi connectivity index (χ2v) is 7.36. The van der Waals surface area contributed by atoms with Crippen molar-refractivity contribution in [2.45, 2.75) is 31.9 Å². The first kappa shape index (κ1) is 23.0. The van der Waals surface area contributed by atoms with Gasteiger partial charge in [0.1, 0.15) is 11.6 Å². The standard InChI is InChI=1S/C23H31FN4O3/c1-25-23(28-12-9-20(10-13-28)30-15-3-14-29-2)27-17-18-8-11-26-22(16-18)31-21-6-4-19(24)5-7-21/h4-8,11,16,20H,3,9-10,12-15,17H2,1-2H3,(H,25,27). The lowest BCUT2D eigenvalue weighted by molar-refractivity contribution is 0.00989. The molecule has 1 aromatic carbocycles. The predicted molar refractivity (Wildman–Crippen MR) is 118 cm³/mol. The zero-order valence-electron chi connectivity index (χ0n) is 18.2. The number of methoxy groups -OCH3 is 1. The lowest BCUT2D eigenvalue weighted by Crippen LogP contribution is -2.46. The van der Waals surface area contributed by atoms with E-state index in [0.717, 1.165) is 57.1 Å². The second kappa shape index (κ2) is 12.2. The summed E-state index contributed by atoms with van der Waals surface area (Å²) >= 11 is 0. The smallest absolute Gasteiger partial charge is 0.219 e. The minimum absolute atomic E-state index is 0.300. The van der Waals surface area contributed by atoms with Crippen molar-refractivity contribution in [1.29, 1.82) is 0 Å². The molecule has 0 saturated carbocycles. The Bertz CT molecular complexity index is 824. The molecule has 0 amide bonds. The van der Waals surface area contributed by atoms with Crippen LogP contribution < -0.4 is 10.1 Å². The molecule has 0 aliphatic carbocycles. The first-order valence-electron chi connectivity index (χ1n) is 10.6. The first-order valence-corrected chi connectivity index (χ1v) is 10.6. The van der Waals surface area contributed by atoms with Crippen LogP contribution in [0.4, 0.5) is 4.39 Å². The number of piperidine rings is 1. The minimum Gasteiger partial charge on any atom is -0.439 e. The average molecular weight is 431 g/mol. The average Bonchev–Trinajstić information content (AvgIpc) is 2.80. The number of halogens is 1. The Kier molecular flexibility index (Phi) is 9.05. The largest absolute Gasteiger partial charge is 0.439 e. The molecule has 2 heterocycles. The third kappa shape index (κ3) is 7.48. The van der Waals surface area contributed by atoms with Crippen molar-refractivity contribution in [3.05, 3.63) is 54.0 Å². The van der Waals surface area contributed by atoms with Gasteiger partial charge in [0.25, 0.3) is 0 Å². The normalized spacial score (nSPS) is 15.2. The molecule has 1 aliphatic rings. The fourth-order valence-corrected chi connectivity index (χ4v) is 3.44. The number of benzene rings is 1. The maximum absolute atomic E-state index is 13.1. The van der Waals surface area contributed by atoms with Gasteiger partial charge in [-0.15, -0.1) is 0 Å². The third-order valence-electron chi connectivity index (χ3n) is 5.09. The monoisotopic (exact) mass is 430 g/mol. The third-order valence-corrected chi connectivity index (χ3v) is 5.09. The molecule has 8 heteroatoms. The Labute approximate surface area is 183 Å². The van der Waals surface area contributed by atoms with Gasteiger partial charge in [0.2, 0.25) is 5.88 Å². The molecule has 1 fully saturated rings. The number of ether oxygens (including phenoxy) is 3. The number of likely N-dealkylation sites (tertiary alicyclic amines) is 1. The molecule has 7 nitrogen and oxygen atoms in total. The van der Waals surface area contributed by atoms with Gasteiger partial charge in [-0.1, -0.05) is 0 Å². The molecule has 1 N–H and O–H groups in total. The van der Waals surface area contributed by atoms with E-state index >= 15 is 0 Å². The number of hydrogen-bond donors (Lipinski definition) is 1. The molecular formula is C23H31FN4O3. The van der Waals surface area contributed by atoms with Gasteiger partial charge in [0.15, 0.2) is 5.96 Å². The summed E-state index contributed by atoms with van der Waals surface area (Å²) in [6, 6.07) is 9.67. The number of nitrogens with one attached hydrogen (secondary N) is 1. The molecule has 1 aliphatic heterocycles. The molecule has 1 saturated heterocycles. The van der Waals surface area contributed by atoms with E-state index in [4.69, 9.17) is 14.2 Å². The van der Waals surface area contributed by atoms with Gasteiger partial charge in [-0.25, -0.2) is 9.37 Å². The van der Waals surface area contributed by atoms with E-state index in [0.29, 0.717) is 24.3 Å². The zero-order chi connectivity index (χ0) is 21.9. The highest BCUT2D eigenvalue weighted by Gasteiger charge is 2.21. The Balaban J connectivity index is 1.46. The highest BCUT2D eigenvalue weighted by atomic mass is 19.1. The minimum atomic E-state index is -0.300. The fraction of sp³-hybridized carbons (Fsp3) is 0.478. The highest BCUT2D eigenvalue weighted by Crippen LogP contribution is 2.20. The molecule has 0 spiro atoms. The number of guanidine groups is 1. The number of hydrogen-bond acceptors (Lipinski definition) is 5. The van der Waals surface area contributed by atoms with Gasteiger partial charge in [-0.3, -0.25) is 4.99 Å². The van der Waals surface area contributed by atoms with Crippen molar-refractivity contribution in [2.24, 2.45) is 4.99 Å². The molecule has 168 valence electrons. The van der Waals surface area contributed by atoms with Gasteiger partial charge in [-0.05, 0) is 55.2 Å². The van der Waals surface area contributed by atoms with Crippen molar-refractivity contribution < 1.29 is 18.6 Å². The van der Waals surface area contributed by atoms with Crippen molar-refractivity contribution in [2.75, 3.05) is 40.5 Å². The van der Waals surface area contributed by atoms with E-state index in [1.165, 1.54) is 12.1 Å². The van der Waals surface area contributed by atoms with Gasteiger partial charge in [0, 0.05) is 59.3 Å². The van der Waals surface area contributed by atoms with Crippen molar-refractivity contribution in [1.82, 2.24) is 15.2 Å². The van der Waals surface area contributed by atoms with E-state index < -0.39 is 0 Å². The van der Waals surface area contributed by atoms with Crippen LogP contribution in [-0.4, -0.2) is 62.4 Å². The van der Waals surface area contributed by atoms with Gasteiger partial charge >= 0.3 is 0 Å². The van der Waals surface area contributed by atoms with Crippen LogP contribution in [-0.2, 0) is 16.0 Å². The van der Waals surface area contributed by atoms with Crippen molar-refractivity contribution >= 4 is 5.96 Å². The molecule has 31 heavy (non-hydrogen) atoms. The molecule has 0 unspecified atom stereocenters. The molecule has 0 bridgehead atoms. The fourth-order valence-electron chi connectivity index (χ4n) is 3.44. The van der Waals surface area contributed by atoms with Crippen LogP contribution >= 0.6 is 0 Å². The van der Waals surface area contributed by atoms with Gasteiger partial charge in [-0.2, -0.15) is 0 Å². The van der Waals surface area contributed by atoms with Crippen LogP contribution in [0.25, 0.3) is 0 Å². The molecule has 0 atom stereocenters. The number of aromatic nitrogens is 1. The Morgan fingerprint density at radius 3 is 2.68 bits per heavy atom. The van der Waals surface area contributed by atoms with Gasteiger partial charge in [0.05, 0.1) is 6.10 Å². The van der Waals surface area contributed by atoms with E-state index in [1.807, 2.05) is 12.1 Å². The summed E-state index contributed by atoms with van der Waals surface area (Å²) in [5.74, 6) is 1.58. The van der Waals surface area contributed by atoms with E-state index in [9.17, 15) is 4.39 Å². The Morgan fingerprint density at radius 1 is 1.19 bits per heavy atom. The van der Waals surface area contributed by atoms with Crippen LogP contribution in [0.15, 0.2) is 47.6 Å². The lowest BCUT2D eigenvalue weighted by Gasteiger charge is -2.34. The molecule has 1 aromatic heterocycles. The second-order valence-electron chi connectivity index (χ2n) is 7.36. The maximum atomic E-state index is 13.1. The number of aliphatic imine (C=N–C) groups is 1. The lowest BCUT2D eigenvalue weighted by atomic mass is 10.1. The first-order chi connectivity index (χ1) is 15.2. The SMILES string of the molecule is CN=C(NCc1ccnc(Oc2ccc(F)cc2)c1)N1CCC(OCCCOC)CC1. The maximum Gasteiger partial charge on any atom is 0.219 e. The Morgan fingerprint density at radius 2 is 1.97 bits per heavy atom. The zero-order valence-corrected chi connectivity index (χ0v) is 18.2. The number of nitrogens with zero attached hydrogens (tertiary/aromatic N) is 3. The van der Waals surface area contributed by atoms with Crippen LogP contribution in [0.1, 0.15) is 24.8 Å². The summed E-state index contributed by atoms with van der Waals surface area (Å²) in [5.41, 5.74) is 1.02. The van der Waals surface area contributed by atoms with Crippen molar-refractivity contribution in [3.8, 4) is 11.6 Å². The van der Waals surface area contributed by atoms with Crippen LogP contribution in [0.5, 0.6) is 11.6 Å². The summed E-state index contributed by atoms with van der Waals surface area (Å²) in [4.78, 5) is 10.9. The van der Waals surface area contributed by atoms with Crippen LogP contribution in [0.2, 0.25) is 0 Å². The quantitative estimate of drug-likeness (QED) is 0.372. The summed E-state index contributed by atoms with van der Waals surface area (Å²) < 4.78 is 29.8. The number of pyridine rings is 1. The summed E-state index contributed by atoms with van der Waals surface area (Å²) in [5, 5.41) is 3.41. The number of rotatable bonds is 9. The molecule has 2 aromatic rings. The highest BCUT2D eigenvalue weighted by molar-refractivity contribution is 5.80. The molecule has 0 radical (unpaired) electrons. The van der Waals surface area contributed by atoms with Crippen molar-refractivity contribution in [3.63, 3.8) is 0 Å². The van der Waals surface area contributed by atoms with Gasteiger partial charge < -0.3 is 24.4 Å². The topological polar surface area (TPSA) is 68.2 Å². The van der Waals surface area contributed by atoms with E-state index in [-0.39, 0.29) is 5.82 Å². The Hall–Kier alpha value is -2.71. The van der Waals surface area contributed by atoms with Crippen LogP contribution in [0, 0.1) is 5.82 Å². The van der Waals surface area contributed by atoms with E-state index in [1.54, 1.807) is 32.5 Å². The molecule has 3 rings (SSSR count). The van der Waals surface area contributed by atoms with Crippen LogP contribution in [0.3, 0.4) is 0 Å². The summed E-state index contributed by atoms with van der Waals surface area (Å²) in [7, 11) is 3.51. The predicted octanol–water partition coefficient (Wildman–Crippen LogP) is 3.61. The summed E-state index contributed by atoms with van der Waals surface area (Å²) in [6.07, 6.45) is 4.90. The molecular weight excluding hydrogens is 399 g/mol.